The Hall–Kier alpha value is -2.70. The minimum Gasteiger partial charge on any atom is -0.388 e. The van der Waals surface area contributed by atoms with E-state index in [-0.39, 0.29) is 0 Å². The predicted octanol–water partition coefficient (Wildman–Crippen LogP) is 4.15. The van der Waals surface area contributed by atoms with Crippen molar-refractivity contribution in [1.29, 1.82) is 0 Å². The molecule has 2 aromatic carbocycles. The van der Waals surface area contributed by atoms with Crippen molar-refractivity contribution in [2.75, 3.05) is 30.0 Å². The van der Waals surface area contributed by atoms with E-state index in [0.717, 1.165) is 41.0 Å². The van der Waals surface area contributed by atoms with Crippen LogP contribution in [0.2, 0.25) is 0 Å². The molecular formula is C24H30N5S+. The van der Waals surface area contributed by atoms with E-state index >= 15 is 0 Å². The average Bonchev–Trinajstić information content (AvgIpc) is 2.80. The van der Waals surface area contributed by atoms with Crippen molar-refractivity contribution in [1.82, 2.24) is 9.29 Å². The fourth-order valence-electron chi connectivity index (χ4n) is 3.94. The van der Waals surface area contributed by atoms with Gasteiger partial charge in [-0.2, -0.15) is 0 Å². The summed E-state index contributed by atoms with van der Waals surface area (Å²) in [5.41, 5.74) is 11.6. The number of hydrogen-bond acceptors (Lipinski definition) is 5. The highest BCUT2D eigenvalue weighted by molar-refractivity contribution is 7.76. The Morgan fingerprint density at radius 2 is 2.07 bits per heavy atom. The molecule has 3 aromatic rings. The SMILES string of the molecule is CC[SH+]N1C=CC(Nc2cc(-c3ccc(NC)c(CN)c3)cc3ccncc23)CC1. The Morgan fingerprint density at radius 1 is 1.17 bits per heavy atom. The van der Waals surface area contributed by atoms with Gasteiger partial charge in [0.1, 0.15) is 5.75 Å². The number of nitrogens with two attached hydrogens (primary N) is 1. The molecular weight excluding hydrogens is 390 g/mol. The summed E-state index contributed by atoms with van der Waals surface area (Å²) in [4.78, 5) is 4.36. The van der Waals surface area contributed by atoms with Gasteiger partial charge >= 0.3 is 0 Å². The molecule has 0 spiro atoms. The van der Waals surface area contributed by atoms with Crippen molar-refractivity contribution < 1.29 is 0 Å². The lowest BCUT2D eigenvalue weighted by Crippen LogP contribution is -2.30. The van der Waals surface area contributed by atoms with Crippen molar-refractivity contribution in [3.8, 4) is 11.1 Å². The molecule has 4 rings (SSSR count). The molecule has 6 heteroatoms. The number of nitrogens with one attached hydrogen (secondary N) is 2. The first-order chi connectivity index (χ1) is 14.7. The van der Waals surface area contributed by atoms with Gasteiger partial charge in [-0.15, -0.1) is 0 Å². The van der Waals surface area contributed by atoms with Crippen LogP contribution in [0.3, 0.4) is 0 Å². The molecule has 0 saturated carbocycles. The van der Waals surface area contributed by atoms with Crippen LogP contribution in [-0.2, 0) is 18.5 Å². The maximum absolute atomic E-state index is 5.98. The minimum absolute atomic E-state index is 0.318. The molecule has 156 valence electrons. The summed E-state index contributed by atoms with van der Waals surface area (Å²) >= 11 is 1.37. The molecule has 1 aliphatic heterocycles. The van der Waals surface area contributed by atoms with Crippen LogP contribution in [0, 0.1) is 0 Å². The van der Waals surface area contributed by atoms with Gasteiger partial charge in [0.25, 0.3) is 0 Å². The van der Waals surface area contributed by atoms with E-state index in [2.05, 4.69) is 75.5 Å². The molecule has 1 aliphatic rings. The van der Waals surface area contributed by atoms with Crippen LogP contribution in [0.4, 0.5) is 11.4 Å². The highest BCUT2D eigenvalue weighted by atomic mass is 32.2. The first kappa shape index (κ1) is 20.6. The molecule has 2 heterocycles. The highest BCUT2D eigenvalue weighted by Crippen LogP contribution is 2.33. The molecule has 0 bridgehead atoms. The summed E-state index contributed by atoms with van der Waals surface area (Å²) in [6.45, 7) is 3.79. The quantitative estimate of drug-likeness (QED) is 0.396. The molecule has 0 radical (unpaired) electrons. The first-order valence-electron chi connectivity index (χ1n) is 10.5. The van der Waals surface area contributed by atoms with E-state index in [0.29, 0.717) is 12.6 Å². The Morgan fingerprint density at radius 3 is 2.80 bits per heavy atom. The Kier molecular flexibility index (Phi) is 6.45. The molecule has 0 amide bonds. The zero-order valence-corrected chi connectivity index (χ0v) is 18.5. The smallest absolute Gasteiger partial charge is 0.128 e. The molecule has 1 unspecified atom stereocenters. The summed E-state index contributed by atoms with van der Waals surface area (Å²) in [6, 6.07) is 13.3. The van der Waals surface area contributed by atoms with Crippen molar-refractivity contribution in [3.05, 3.63) is 66.6 Å². The van der Waals surface area contributed by atoms with Gasteiger partial charge in [-0.1, -0.05) is 6.07 Å². The molecule has 30 heavy (non-hydrogen) atoms. The van der Waals surface area contributed by atoms with E-state index in [4.69, 9.17) is 5.73 Å². The molecule has 1 aromatic heterocycles. The van der Waals surface area contributed by atoms with Crippen LogP contribution in [-0.4, -0.2) is 34.7 Å². The van der Waals surface area contributed by atoms with Crippen LogP contribution in [0.25, 0.3) is 21.9 Å². The molecule has 0 aliphatic carbocycles. The fraction of sp³-hybridized carbons (Fsp3) is 0.292. The van der Waals surface area contributed by atoms with Crippen molar-refractivity contribution >= 4 is 34.1 Å². The number of benzene rings is 2. The van der Waals surface area contributed by atoms with Gasteiger partial charge in [0.15, 0.2) is 0 Å². The Balaban J connectivity index is 1.69. The van der Waals surface area contributed by atoms with Crippen molar-refractivity contribution in [3.63, 3.8) is 0 Å². The standard InChI is InChI=1S/C24H29N5S/c1-3-30-29-10-7-21(8-11-29)28-24-14-19(13-18-6-9-27-16-22(18)24)17-4-5-23(26-2)20(12-17)15-25/h4-7,9-10,12-14,16,21,26,28H,3,8,11,15,25H2,1-2H3/p+1. The first-order valence-corrected chi connectivity index (χ1v) is 11.5. The molecule has 0 saturated heterocycles. The molecule has 1 atom stereocenters. The highest BCUT2D eigenvalue weighted by Gasteiger charge is 2.18. The monoisotopic (exact) mass is 420 g/mol. The van der Waals surface area contributed by atoms with Gasteiger partial charge < -0.3 is 16.4 Å². The van der Waals surface area contributed by atoms with E-state index in [1.165, 1.54) is 28.5 Å². The number of aromatic nitrogens is 1. The lowest BCUT2D eigenvalue weighted by atomic mass is 9.98. The topological polar surface area (TPSA) is 66.2 Å². The van der Waals surface area contributed by atoms with E-state index in [1.807, 2.05) is 19.4 Å². The van der Waals surface area contributed by atoms with Gasteiger partial charge in [-0.3, -0.25) is 4.98 Å². The van der Waals surface area contributed by atoms with E-state index < -0.39 is 0 Å². The van der Waals surface area contributed by atoms with Crippen LogP contribution in [0.15, 0.2) is 61.1 Å². The maximum atomic E-state index is 5.98. The lowest BCUT2D eigenvalue weighted by molar-refractivity contribution is 0.536. The zero-order chi connectivity index (χ0) is 20.9. The van der Waals surface area contributed by atoms with E-state index in [9.17, 15) is 0 Å². The van der Waals surface area contributed by atoms with Gasteiger partial charge in [-0.05, 0) is 71.8 Å². The number of hydrogen-bond donors (Lipinski definition) is 3. The normalized spacial score (nSPS) is 16.1. The third-order valence-electron chi connectivity index (χ3n) is 5.51. The minimum atomic E-state index is 0.318. The van der Waals surface area contributed by atoms with Gasteiger partial charge in [-0.25, -0.2) is 4.31 Å². The number of fused-ring (bicyclic) bond motifs is 1. The van der Waals surface area contributed by atoms with Gasteiger partial charge in [0.2, 0.25) is 0 Å². The largest absolute Gasteiger partial charge is 0.388 e. The number of pyridine rings is 1. The fourth-order valence-corrected chi connectivity index (χ4v) is 4.73. The summed E-state index contributed by atoms with van der Waals surface area (Å²) in [5.74, 6) is 1.15. The molecule has 5 nitrogen and oxygen atoms in total. The third kappa shape index (κ3) is 4.40. The second-order valence-corrected chi connectivity index (χ2v) is 8.88. The summed E-state index contributed by atoms with van der Waals surface area (Å²) in [7, 11) is 1.93. The predicted molar refractivity (Wildman–Crippen MR) is 132 cm³/mol. The van der Waals surface area contributed by atoms with Gasteiger partial charge in [0.05, 0.1) is 18.5 Å². The lowest BCUT2D eigenvalue weighted by Gasteiger charge is -2.24. The molecule has 4 N–H and O–H groups in total. The third-order valence-corrected chi connectivity index (χ3v) is 6.49. The number of thiol groups is 1. The van der Waals surface area contributed by atoms with Crippen LogP contribution in [0.5, 0.6) is 0 Å². The average molecular weight is 421 g/mol. The van der Waals surface area contributed by atoms with Gasteiger partial charge in [0, 0.05) is 55.0 Å². The molecule has 0 fully saturated rings. The maximum Gasteiger partial charge on any atom is 0.128 e. The summed E-state index contributed by atoms with van der Waals surface area (Å²) in [5, 5.41) is 9.31. The zero-order valence-electron chi connectivity index (χ0n) is 17.6. The number of nitrogens with zero attached hydrogens (tertiary/aromatic N) is 2. The summed E-state index contributed by atoms with van der Waals surface area (Å²) < 4.78 is 2.37. The Labute approximate surface area is 182 Å². The number of anilines is 2. The van der Waals surface area contributed by atoms with Crippen LogP contribution in [0.1, 0.15) is 18.9 Å². The Bertz CT molecular complexity index is 1050. The van der Waals surface area contributed by atoms with Crippen molar-refractivity contribution in [2.45, 2.75) is 25.9 Å². The van der Waals surface area contributed by atoms with Crippen molar-refractivity contribution in [2.24, 2.45) is 5.73 Å². The van der Waals surface area contributed by atoms with Crippen LogP contribution < -0.4 is 16.4 Å². The second kappa shape index (κ2) is 9.41. The van der Waals surface area contributed by atoms with E-state index in [1.54, 1.807) is 0 Å². The number of rotatable bonds is 7. The summed E-state index contributed by atoms with van der Waals surface area (Å²) in [6.07, 6.45) is 9.39. The second-order valence-electron chi connectivity index (χ2n) is 7.45. The van der Waals surface area contributed by atoms with Crippen LogP contribution >= 0.6 is 0 Å².